The molecule has 1 aromatic carbocycles. The predicted octanol–water partition coefficient (Wildman–Crippen LogP) is 2.61. The molecule has 0 aliphatic carbocycles. The van der Waals surface area contributed by atoms with E-state index in [1.54, 1.807) is 7.11 Å². The Morgan fingerprint density at radius 1 is 1.20 bits per heavy atom. The lowest BCUT2D eigenvalue weighted by Crippen LogP contribution is -2.18. The first-order valence-corrected chi connectivity index (χ1v) is 6.38. The van der Waals surface area contributed by atoms with Gasteiger partial charge in [0, 0.05) is 5.33 Å². The number of rotatable bonds is 7. The average molecular weight is 272 g/mol. The minimum absolute atomic E-state index is 0.922. The molecule has 1 rings (SSSR count). The quantitative estimate of drug-likeness (QED) is 0.608. The highest BCUT2D eigenvalue weighted by atomic mass is 79.9. The van der Waals surface area contributed by atoms with Crippen LogP contribution in [0.5, 0.6) is 5.75 Å². The number of ether oxygens (including phenoxy) is 1. The van der Waals surface area contributed by atoms with Crippen LogP contribution in [0.1, 0.15) is 12.0 Å². The van der Waals surface area contributed by atoms with Crippen molar-refractivity contribution in [2.75, 3.05) is 25.5 Å². The zero-order chi connectivity index (χ0) is 10.9. The summed E-state index contributed by atoms with van der Waals surface area (Å²) < 4.78 is 5.11. The number of methoxy groups -OCH3 is 1. The molecule has 0 fully saturated rings. The van der Waals surface area contributed by atoms with Crippen molar-refractivity contribution in [1.29, 1.82) is 0 Å². The molecule has 0 unspecified atom stereocenters. The Bertz CT molecular complexity index is 261. The summed E-state index contributed by atoms with van der Waals surface area (Å²) in [4.78, 5) is 0. The molecule has 0 spiro atoms. The van der Waals surface area contributed by atoms with Crippen molar-refractivity contribution in [3.8, 4) is 5.75 Å². The number of hydrogen-bond donors (Lipinski definition) is 1. The van der Waals surface area contributed by atoms with E-state index in [9.17, 15) is 0 Å². The standard InChI is InChI=1S/C12H18BrNO/c1-15-12-5-3-11(4-6-12)7-10-14-9-2-8-13/h3-6,14H,2,7-10H2,1H3. The topological polar surface area (TPSA) is 21.3 Å². The molecule has 15 heavy (non-hydrogen) atoms. The Morgan fingerprint density at radius 3 is 2.53 bits per heavy atom. The Labute approximate surface area is 100 Å². The maximum atomic E-state index is 5.11. The van der Waals surface area contributed by atoms with Crippen LogP contribution in [0.3, 0.4) is 0 Å². The van der Waals surface area contributed by atoms with E-state index in [2.05, 4.69) is 33.4 Å². The second kappa shape index (κ2) is 7.71. The molecule has 3 heteroatoms. The molecule has 0 amide bonds. The summed E-state index contributed by atoms with van der Waals surface area (Å²) in [7, 11) is 1.69. The summed E-state index contributed by atoms with van der Waals surface area (Å²) in [5.41, 5.74) is 1.35. The number of benzene rings is 1. The van der Waals surface area contributed by atoms with E-state index in [1.165, 1.54) is 12.0 Å². The van der Waals surface area contributed by atoms with Crippen LogP contribution in [-0.4, -0.2) is 25.5 Å². The van der Waals surface area contributed by atoms with E-state index in [1.807, 2.05) is 12.1 Å². The van der Waals surface area contributed by atoms with Gasteiger partial charge >= 0.3 is 0 Å². The van der Waals surface area contributed by atoms with Crippen LogP contribution in [0, 0.1) is 0 Å². The van der Waals surface area contributed by atoms with Gasteiger partial charge in [-0.3, -0.25) is 0 Å². The monoisotopic (exact) mass is 271 g/mol. The molecule has 1 N–H and O–H groups in total. The van der Waals surface area contributed by atoms with Gasteiger partial charge in [0.05, 0.1) is 7.11 Å². The molecular formula is C12H18BrNO. The van der Waals surface area contributed by atoms with Gasteiger partial charge in [-0.15, -0.1) is 0 Å². The molecule has 0 aliphatic heterocycles. The first-order valence-electron chi connectivity index (χ1n) is 5.26. The summed E-state index contributed by atoms with van der Waals surface area (Å²) in [5.74, 6) is 0.922. The molecule has 0 saturated heterocycles. The van der Waals surface area contributed by atoms with Crippen LogP contribution in [0.4, 0.5) is 0 Å². The van der Waals surface area contributed by atoms with E-state index in [-0.39, 0.29) is 0 Å². The minimum Gasteiger partial charge on any atom is -0.497 e. The van der Waals surface area contributed by atoms with Gasteiger partial charge in [-0.05, 0) is 43.6 Å². The summed E-state index contributed by atoms with van der Waals surface area (Å²) >= 11 is 3.41. The van der Waals surface area contributed by atoms with Crippen LogP contribution in [-0.2, 0) is 6.42 Å². The van der Waals surface area contributed by atoms with E-state index < -0.39 is 0 Å². The van der Waals surface area contributed by atoms with Crippen molar-refractivity contribution in [2.45, 2.75) is 12.8 Å². The van der Waals surface area contributed by atoms with Crippen LogP contribution >= 0.6 is 15.9 Å². The number of halogens is 1. The maximum absolute atomic E-state index is 5.11. The summed E-state index contributed by atoms with van der Waals surface area (Å²) in [5, 5.41) is 4.47. The van der Waals surface area contributed by atoms with Gasteiger partial charge in [0.1, 0.15) is 5.75 Å². The van der Waals surface area contributed by atoms with E-state index in [4.69, 9.17) is 4.74 Å². The molecule has 0 saturated carbocycles. The molecule has 84 valence electrons. The number of hydrogen-bond acceptors (Lipinski definition) is 2. The third-order valence-corrected chi connectivity index (χ3v) is 2.80. The molecular weight excluding hydrogens is 254 g/mol. The lowest BCUT2D eigenvalue weighted by atomic mass is 10.1. The first kappa shape index (κ1) is 12.5. The van der Waals surface area contributed by atoms with E-state index >= 15 is 0 Å². The van der Waals surface area contributed by atoms with Gasteiger partial charge in [0.25, 0.3) is 0 Å². The van der Waals surface area contributed by atoms with Crippen molar-refractivity contribution in [2.24, 2.45) is 0 Å². The van der Waals surface area contributed by atoms with Gasteiger partial charge < -0.3 is 10.1 Å². The maximum Gasteiger partial charge on any atom is 0.118 e. The normalized spacial score (nSPS) is 10.3. The number of alkyl halides is 1. The smallest absolute Gasteiger partial charge is 0.118 e. The highest BCUT2D eigenvalue weighted by molar-refractivity contribution is 9.09. The Hall–Kier alpha value is -0.540. The van der Waals surface area contributed by atoms with Crippen LogP contribution < -0.4 is 10.1 Å². The van der Waals surface area contributed by atoms with Gasteiger partial charge in [-0.1, -0.05) is 28.1 Å². The molecule has 0 radical (unpaired) electrons. The third-order valence-electron chi connectivity index (χ3n) is 2.24. The van der Waals surface area contributed by atoms with Crippen molar-refractivity contribution in [1.82, 2.24) is 5.32 Å². The fourth-order valence-electron chi connectivity index (χ4n) is 1.34. The second-order valence-electron chi connectivity index (χ2n) is 3.39. The Morgan fingerprint density at radius 2 is 1.93 bits per heavy atom. The highest BCUT2D eigenvalue weighted by Gasteiger charge is 1.94. The van der Waals surface area contributed by atoms with Crippen LogP contribution in [0.15, 0.2) is 24.3 Å². The van der Waals surface area contributed by atoms with Crippen LogP contribution in [0.2, 0.25) is 0 Å². The molecule has 0 atom stereocenters. The zero-order valence-electron chi connectivity index (χ0n) is 9.13. The van der Waals surface area contributed by atoms with Gasteiger partial charge in [0.2, 0.25) is 0 Å². The average Bonchev–Trinajstić information content (AvgIpc) is 2.30. The van der Waals surface area contributed by atoms with Gasteiger partial charge in [-0.25, -0.2) is 0 Å². The fraction of sp³-hybridized carbons (Fsp3) is 0.500. The molecule has 2 nitrogen and oxygen atoms in total. The molecule has 0 aliphatic rings. The lowest BCUT2D eigenvalue weighted by Gasteiger charge is -2.04. The highest BCUT2D eigenvalue weighted by Crippen LogP contribution is 2.11. The molecule has 0 bridgehead atoms. The zero-order valence-corrected chi connectivity index (χ0v) is 10.7. The SMILES string of the molecule is COc1ccc(CCNCCCBr)cc1. The van der Waals surface area contributed by atoms with E-state index in [0.717, 1.165) is 30.6 Å². The van der Waals surface area contributed by atoms with Gasteiger partial charge in [0.15, 0.2) is 0 Å². The molecule has 0 heterocycles. The van der Waals surface area contributed by atoms with E-state index in [0.29, 0.717) is 0 Å². The van der Waals surface area contributed by atoms with Crippen molar-refractivity contribution in [3.05, 3.63) is 29.8 Å². The van der Waals surface area contributed by atoms with Crippen molar-refractivity contribution >= 4 is 15.9 Å². The van der Waals surface area contributed by atoms with Crippen molar-refractivity contribution < 1.29 is 4.74 Å². The summed E-state index contributed by atoms with van der Waals surface area (Å²) in [6.07, 6.45) is 2.26. The minimum atomic E-state index is 0.922. The lowest BCUT2D eigenvalue weighted by molar-refractivity contribution is 0.414. The fourth-order valence-corrected chi connectivity index (χ4v) is 1.62. The largest absolute Gasteiger partial charge is 0.497 e. The summed E-state index contributed by atoms with van der Waals surface area (Å²) in [6.45, 7) is 2.13. The molecule has 0 aromatic heterocycles. The second-order valence-corrected chi connectivity index (χ2v) is 4.18. The Balaban J connectivity index is 2.20. The third kappa shape index (κ3) is 5.19. The summed E-state index contributed by atoms with van der Waals surface area (Å²) in [6, 6.07) is 8.25. The Kier molecular flexibility index (Phi) is 6.44. The first-order chi connectivity index (χ1) is 7.36. The van der Waals surface area contributed by atoms with Crippen LogP contribution in [0.25, 0.3) is 0 Å². The van der Waals surface area contributed by atoms with Gasteiger partial charge in [-0.2, -0.15) is 0 Å². The molecule has 1 aromatic rings. The van der Waals surface area contributed by atoms with Crippen molar-refractivity contribution in [3.63, 3.8) is 0 Å². The number of nitrogens with one attached hydrogen (secondary N) is 1. The predicted molar refractivity (Wildman–Crippen MR) is 68.0 cm³/mol.